The lowest BCUT2D eigenvalue weighted by Crippen LogP contribution is -2.22. The first-order valence-corrected chi connectivity index (χ1v) is 8.48. The smallest absolute Gasteiger partial charge is 0.0435 e. The maximum Gasteiger partial charge on any atom is 0.0435 e. The number of aryl methyl sites for hydroxylation is 2. The molecule has 0 spiro atoms. The van der Waals surface area contributed by atoms with E-state index in [4.69, 9.17) is 11.6 Å². The second-order valence-corrected chi connectivity index (χ2v) is 6.57. The van der Waals surface area contributed by atoms with E-state index in [-0.39, 0.29) is 0 Å². The zero-order valence-electron chi connectivity index (χ0n) is 12.2. The van der Waals surface area contributed by atoms with E-state index in [0.29, 0.717) is 6.04 Å². The van der Waals surface area contributed by atoms with Crippen molar-refractivity contribution in [2.24, 2.45) is 0 Å². The first-order valence-electron chi connectivity index (χ1n) is 7.22. The van der Waals surface area contributed by atoms with Crippen LogP contribution < -0.4 is 5.32 Å². The molecule has 0 saturated heterocycles. The van der Waals surface area contributed by atoms with Gasteiger partial charge in [0.2, 0.25) is 0 Å². The summed E-state index contributed by atoms with van der Waals surface area (Å²) in [5.74, 6) is 0. The van der Waals surface area contributed by atoms with Crippen LogP contribution in [-0.2, 0) is 6.42 Å². The molecule has 0 bridgehead atoms. The Labute approximate surface area is 131 Å². The Kier molecular flexibility index (Phi) is 6.08. The predicted octanol–water partition coefficient (Wildman–Crippen LogP) is 5.38. The molecule has 2 rings (SSSR count). The van der Waals surface area contributed by atoms with E-state index in [9.17, 15) is 0 Å². The molecule has 0 radical (unpaired) electrons. The zero-order chi connectivity index (χ0) is 14.4. The summed E-state index contributed by atoms with van der Waals surface area (Å²) < 4.78 is 0. The summed E-state index contributed by atoms with van der Waals surface area (Å²) in [5.41, 5.74) is 2.50. The minimum Gasteiger partial charge on any atom is -0.310 e. The van der Waals surface area contributed by atoms with Gasteiger partial charge in [-0.3, -0.25) is 0 Å². The van der Waals surface area contributed by atoms with Gasteiger partial charge >= 0.3 is 0 Å². The molecule has 1 N–H and O–H groups in total. The third-order valence-corrected chi connectivity index (χ3v) is 4.84. The van der Waals surface area contributed by atoms with Gasteiger partial charge in [-0.15, -0.1) is 11.3 Å². The maximum absolute atomic E-state index is 6.13. The average Bonchev–Trinajstić information content (AvgIpc) is 2.95. The minimum absolute atomic E-state index is 0.410. The first kappa shape index (κ1) is 15.6. The van der Waals surface area contributed by atoms with Crippen LogP contribution in [0.4, 0.5) is 0 Å². The van der Waals surface area contributed by atoms with E-state index in [0.717, 1.165) is 36.4 Å². The highest BCUT2D eigenvalue weighted by Gasteiger charge is 2.12. The second kappa shape index (κ2) is 7.82. The van der Waals surface area contributed by atoms with E-state index >= 15 is 0 Å². The van der Waals surface area contributed by atoms with E-state index < -0.39 is 0 Å². The number of nitrogens with one attached hydrogen (secondary N) is 1. The van der Waals surface area contributed by atoms with E-state index in [1.54, 1.807) is 0 Å². The largest absolute Gasteiger partial charge is 0.310 e. The SMILES string of the molecule is CCCNC(CCc1cccs1)c1ccc(Cl)c(C)c1. The van der Waals surface area contributed by atoms with Crippen molar-refractivity contribution in [2.75, 3.05) is 6.54 Å². The highest BCUT2D eigenvalue weighted by molar-refractivity contribution is 7.09. The molecule has 3 heteroatoms. The van der Waals surface area contributed by atoms with Crippen molar-refractivity contribution in [3.05, 3.63) is 56.7 Å². The first-order chi connectivity index (χ1) is 9.70. The lowest BCUT2D eigenvalue weighted by molar-refractivity contribution is 0.500. The van der Waals surface area contributed by atoms with Gasteiger partial charge in [0.15, 0.2) is 0 Å². The van der Waals surface area contributed by atoms with Crippen molar-refractivity contribution >= 4 is 22.9 Å². The van der Waals surface area contributed by atoms with Crippen LogP contribution in [0.15, 0.2) is 35.7 Å². The number of halogens is 1. The molecule has 1 aromatic carbocycles. The molecule has 0 aliphatic rings. The summed E-state index contributed by atoms with van der Waals surface area (Å²) in [6.45, 7) is 5.33. The van der Waals surface area contributed by atoms with Gasteiger partial charge in [-0.1, -0.05) is 36.7 Å². The van der Waals surface area contributed by atoms with Crippen molar-refractivity contribution in [3.8, 4) is 0 Å². The maximum atomic E-state index is 6.13. The summed E-state index contributed by atoms with van der Waals surface area (Å²) in [4.78, 5) is 1.46. The van der Waals surface area contributed by atoms with Gasteiger partial charge in [0.05, 0.1) is 0 Å². The van der Waals surface area contributed by atoms with Gasteiger partial charge in [0.1, 0.15) is 0 Å². The van der Waals surface area contributed by atoms with Crippen molar-refractivity contribution < 1.29 is 0 Å². The Hall–Kier alpha value is -0.830. The van der Waals surface area contributed by atoms with Crippen LogP contribution in [0.2, 0.25) is 5.02 Å². The van der Waals surface area contributed by atoms with Gasteiger partial charge in [0, 0.05) is 15.9 Å². The van der Waals surface area contributed by atoms with Crippen LogP contribution >= 0.6 is 22.9 Å². The summed E-state index contributed by atoms with van der Waals surface area (Å²) in [7, 11) is 0. The normalized spacial score (nSPS) is 12.6. The van der Waals surface area contributed by atoms with Gasteiger partial charge in [0.25, 0.3) is 0 Å². The molecule has 1 atom stereocenters. The van der Waals surface area contributed by atoms with Crippen molar-refractivity contribution in [1.29, 1.82) is 0 Å². The number of thiophene rings is 1. The molecule has 1 heterocycles. The fourth-order valence-corrected chi connectivity index (χ4v) is 3.17. The van der Waals surface area contributed by atoms with Crippen LogP contribution in [0.1, 0.15) is 41.8 Å². The second-order valence-electron chi connectivity index (χ2n) is 5.13. The molecular formula is C17H22ClNS. The molecule has 0 fully saturated rings. The molecule has 108 valence electrons. The van der Waals surface area contributed by atoms with E-state index in [1.165, 1.54) is 10.4 Å². The van der Waals surface area contributed by atoms with E-state index in [1.807, 2.05) is 17.4 Å². The molecule has 20 heavy (non-hydrogen) atoms. The van der Waals surface area contributed by atoms with Crippen molar-refractivity contribution in [2.45, 2.75) is 39.2 Å². The molecule has 0 aliphatic carbocycles. The molecule has 1 aromatic heterocycles. The van der Waals surface area contributed by atoms with Gasteiger partial charge in [-0.25, -0.2) is 0 Å². The minimum atomic E-state index is 0.410. The van der Waals surface area contributed by atoms with Gasteiger partial charge in [-0.2, -0.15) is 0 Å². The quantitative estimate of drug-likeness (QED) is 0.723. The number of hydrogen-bond acceptors (Lipinski definition) is 2. The van der Waals surface area contributed by atoms with Crippen LogP contribution in [-0.4, -0.2) is 6.54 Å². The van der Waals surface area contributed by atoms with Crippen LogP contribution in [0, 0.1) is 6.92 Å². The lowest BCUT2D eigenvalue weighted by atomic mass is 9.99. The third kappa shape index (κ3) is 4.34. The monoisotopic (exact) mass is 307 g/mol. The van der Waals surface area contributed by atoms with Gasteiger partial charge < -0.3 is 5.32 Å². The Bertz CT molecular complexity index is 522. The molecule has 1 unspecified atom stereocenters. The molecule has 1 nitrogen and oxygen atoms in total. The van der Waals surface area contributed by atoms with Gasteiger partial charge in [-0.05, 0) is 61.4 Å². The van der Waals surface area contributed by atoms with Crippen molar-refractivity contribution in [3.63, 3.8) is 0 Å². The van der Waals surface area contributed by atoms with Crippen molar-refractivity contribution in [1.82, 2.24) is 5.32 Å². The van der Waals surface area contributed by atoms with Crippen LogP contribution in [0.3, 0.4) is 0 Å². The summed E-state index contributed by atoms with van der Waals surface area (Å²) in [6.07, 6.45) is 3.41. The highest BCUT2D eigenvalue weighted by atomic mass is 35.5. The molecule has 2 aromatic rings. The lowest BCUT2D eigenvalue weighted by Gasteiger charge is -2.19. The molecular weight excluding hydrogens is 286 g/mol. The Morgan fingerprint density at radius 1 is 1.30 bits per heavy atom. The highest BCUT2D eigenvalue weighted by Crippen LogP contribution is 2.25. The van der Waals surface area contributed by atoms with Crippen LogP contribution in [0.5, 0.6) is 0 Å². The van der Waals surface area contributed by atoms with E-state index in [2.05, 4.69) is 48.8 Å². The summed E-state index contributed by atoms with van der Waals surface area (Å²) >= 11 is 7.97. The molecule has 0 aliphatic heterocycles. The Morgan fingerprint density at radius 2 is 2.15 bits per heavy atom. The number of rotatable bonds is 7. The molecule has 0 saturated carbocycles. The topological polar surface area (TPSA) is 12.0 Å². The standard InChI is InChI=1S/C17H22ClNS/c1-3-10-19-17(9-7-15-5-4-11-20-15)14-6-8-16(18)13(2)12-14/h4-6,8,11-12,17,19H,3,7,9-10H2,1-2H3. The summed E-state index contributed by atoms with van der Waals surface area (Å²) in [5, 5.41) is 6.65. The zero-order valence-corrected chi connectivity index (χ0v) is 13.7. The number of hydrogen-bond donors (Lipinski definition) is 1. The predicted molar refractivity (Wildman–Crippen MR) is 89.9 cm³/mol. The number of benzene rings is 1. The average molecular weight is 308 g/mol. The van der Waals surface area contributed by atoms with Crippen LogP contribution in [0.25, 0.3) is 0 Å². The summed E-state index contributed by atoms with van der Waals surface area (Å²) in [6, 6.07) is 11.1. The fourth-order valence-electron chi connectivity index (χ4n) is 2.33. The fraction of sp³-hybridized carbons (Fsp3) is 0.412. The Balaban J connectivity index is 2.07. The molecule has 0 amide bonds. The Morgan fingerprint density at radius 3 is 2.80 bits per heavy atom. The third-order valence-electron chi connectivity index (χ3n) is 3.48.